The van der Waals surface area contributed by atoms with Crippen LogP contribution in [0, 0.1) is 0 Å². The third-order valence-electron chi connectivity index (χ3n) is 4.06. The summed E-state index contributed by atoms with van der Waals surface area (Å²) < 4.78 is 0. The largest absolute Gasteiger partial charge is 0.364 e. The molecule has 3 rings (SSSR count). The standard InChI is InChI=1S/C20H22N8O3/c1-31-26-8-7-22-18(13-29)27-17-5-4-16(15-11-24-20(30)25-12-15)28-19(17)23-10-14-3-2-6-21-9-14/h2-6,9,11-13,26H,7-8,10H2,1H3,(H,22,27)(H,23,28)(H,24,25,30). The second kappa shape index (κ2) is 11.3. The van der Waals surface area contributed by atoms with Crippen LogP contribution in [0.2, 0.25) is 0 Å². The van der Waals surface area contributed by atoms with Gasteiger partial charge < -0.3 is 20.5 Å². The summed E-state index contributed by atoms with van der Waals surface area (Å²) in [5.41, 5.74) is 4.98. The zero-order chi connectivity index (χ0) is 21.9. The van der Waals surface area contributed by atoms with Crippen LogP contribution in [0.3, 0.4) is 0 Å². The van der Waals surface area contributed by atoms with Gasteiger partial charge in [0.1, 0.15) is 0 Å². The van der Waals surface area contributed by atoms with Crippen LogP contribution < -0.4 is 21.8 Å². The molecular weight excluding hydrogens is 400 g/mol. The number of hydrogen-bond donors (Lipinski definition) is 4. The van der Waals surface area contributed by atoms with Crippen LogP contribution in [0.4, 0.5) is 11.5 Å². The number of carbonyl (C=O) groups excluding carboxylic acids is 1. The lowest BCUT2D eigenvalue weighted by molar-refractivity contribution is -0.102. The van der Waals surface area contributed by atoms with Crippen LogP contribution in [0.1, 0.15) is 5.56 Å². The van der Waals surface area contributed by atoms with E-state index in [1.165, 1.54) is 19.5 Å². The van der Waals surface area contributed by atoms with Crippen LogP contribution >= 0.6 is 0 Å². The van der Waals surface area contributed by atoms with Crippen molar-refractivity contribution in [3.8, 4) is 11.3 Å². The monoisotopic (exact) mass is 422 g/mol. The fourth-order valence-corrected chi connectivity index (χ4v) is 2.59. The zero-order valence-corrected chi connectivity index (χ0v) is 16.8. The molecule has 0 bridgehead atoms. The van der Waals surface area contributed by atoms with Crippen LogP contribution in [0.15, 0.2) is 58.8 Å². The minimum absolute atomic E-state index is 0.155. The number of nitrogens with zero attached hydrogens (tertiary/aromatic N) is 4. The Bertz CT molecular complexity index is 1060. The molecule has 0 amide bonds. The van der Waals surface area contributed by atoms with Gasteiger partial charge in [-0.1, -0.05) is 6.07 Å². The van der Waals surface area contributed by atoms with Crippen LogP contribution in [-0.4, -0.2) is 52.3 Å². The molecule has 0 saturated heterocycles. The number of aromatic amines is 1. The number of amidine groups is 1. The maximum atomic E-state index is 11.4. The van der Waals surface area contributed by atoms with Gasteiger partial charge in [-0.05, 0) is 23.8 Å². The number of aromatic nitrogens is 4. The Morgan fingerprint density at radius 1 is 1.29 bits per heavy atom. The number of pyridine rings is 2. The molecule has 0 spiro atoms. The molecule has 160 valence electrons. The van der Waals surface area contributed by atoms with Gasteiger partial charge in [-0.15, -0.1) is 0 Å². The van der Waals surface area contributed by atoms with Gasteiger partial charge in [0, 0.05) is 43.4 Å². The van der Waals surface area contributed by atoms with Crippen LogP contribution in [-0.2, 0) is 16.2 Å². The second-order valence-corrected chi connectivity index (χ2v) is 6.22. The summed E-state index contributed by atoms with van der Waals surface area (Å²) in [4.78, 5) is 46.6. The third kappa shape index (κ3) is 6.52. The molecular formula is C20H22N8O3. The number of aliphatic imine (C=N–C) groups is 1. The maximum Gasteiger partial charge on any atom is 0.344 e. The van der Waals surface area contributed by atoms with Gasteiger partial charge >= 0.3 is 5.69 Å². The van der Waals surface area contributed by atoms with Gasteiger partial charge in [0.05, 0.1) is 25.0 Å². The van der Waals surface area contributed by atoms with Gasteiger partial charge in [0.2, 0.25) is 0 Å². The molecule has 0 saturated carbocycles. The van der Waals surface area contributed by atoms with Crippen molar-refractivity contribution in [3.63, 3.8) is 0 Å². The molecule has 3 aromatic rings. The molecule has 0 fully saturated rings. The van der Waals surface area contributed by atoms with E-state index < -0.39 is 5.69 Å². The fraction of sp³-hybridized carbons (Fsp3) is 0.200. The lowest BCUT2D eigenvalue weighted by Gasteiger charge is -2.14. The van der Waals surface area contributed by atoms with E-state index in [9.17, 15) is 9.59 Å². The summed E-state index contributed by atoms with van der Waals surface area (Å²) >= 11 is 0. The van der Waals surface area contributed by atoms with Crippen molar-refractivity contribution in [2.24, 2.45) is 4.99 Å². The average Bonchev–Trinajstić information content (AvgIpc) is 2.81. The van der Waals surface area contributed by atoms with Crippen molar-refractivity contribution >= 4 is 23.6 Å². The Hall–Kier alpha value is -3.96. The predicted octanol–water partition coefficient (Wildman–Crippen LogP) is 0.999. The van der Waals surface area contributed by atoms with Gasteiger partial charge in [-0.25, -0.2) is 20.2 Å². The number of rotatable bonds is 10. The highest BCUT2D eigenvalue weighted by atomic mass is 16.6. The lowest BCUT2D eigenvalue weighted by atomic mass is 10.2. The molecule has 3 heterocycles. The number of nitrogens with one attached hydrogen (secondary N) is 4. The van der Waals surface area contributed by atoms with Gasteiger partial charge in [-0.3, -0.25) is 14.8 Å². The van der Waals surface area contributed by atoms with E-state index in [4.69, 9.17) is 4.84 Å². The molecule has 11 heteroatoms. The van der Waals surface area contributed by atoms with E-state index in [0.29, 0.717) is 48.7 Å². The molecule has 3 aromatic heterocycles. The van der Waals surface area contributed by atoms with Crippen LogP contribution in [0.5, 0.6) is 0 Å². The highest BCUT2D eigenvalue weighted by molar-refractivity contribution is 6.33. The minimum atomic E-state index is -0.438. The highest BCUT2D eigenvalue weighted by Crippen LogP contribution is 2.25. The zero-order valence-electron chi connectivity index (χ0n) is 16.8. The van der Waals surface area contributed by atoms with E-state index >= 15 is 0 Å². The van der Waals surface area contributed by atoms with Crippen molar-refractivity contribution in [3.05, 3.63) is 65.1 Å². The molecule has 0 aliphatic carbocycles. The lowest BCUT2D eigenvalue weighted by Crippen LogP contribution is -2.20. The summed E-state index contributed by atoms with van der Waals surface area (Å²) in [7, 11) is 1.51. The first-order valence-corrected chi connectivity index (χ1v) is 9.41. The molecule has 0 unspecified atom stereocenters. The molecule has 0 aliphatic heterocycles. The number of hydroxylamine groups is 1. The average molecular weight is 422 g/mol. The first kappa shape index (κ1) is 21.7. The number of aldehydes is 1. The van der Waals surface area contributed by atoms with Crippen LogP contribution in [0.25, 0.3) is 11.3 Å². The van der Waals surface area contributed by atoms with E-state index in [2.05, 4.69) is 41.0 Å². The normalized spacial score (nSPS) is 11.2. The number of H-pyrrole nitrogens is 1. The third-order valence-corrected chi connectivity index (χ3v) is 4.06. The number of anilines is 2. The van der Waals surface area contributed by atoms with E-state index in [-0.39, 0.29) is 5.84 Å². The van der Waals surface area contributed by atoms with Gasteiger partial charge in [0.15, 0.2) is 17.9 Å². The van der Waals surface area contributed by atoms with Gasteiger partial charge in [-0.2, -0.15) is 0 Å². The molecule has 0 atom stereocenters. The number of hydrogen-bond acceptors (Lipinski definition) is 9. The molecule has 0 radical (unpaired) electrons. The van der Waals surface area contributed by atoms with Crippen molar-refractivity contribution in [2.75, 3.05) is 30.8 Å². The second-order valence-electron chi connectivity index (χ2n) is 6.22. The minimum Gasteiger partial charge on any atom is -0.364 e. The smallest absolute Gasteiger partial charge is 0.344 e. The SMILES string of the molecule is CONCCN=C(C=O)Nc1ccc(-c2cnc(=O)[nH]c2)nc1NCc1cccnc1. The summed E-state index contributed by atoms with van der Waals surface area (Å²) in [6.45, 7) is 1.27. The summed E-state index contributed by atoms with van der Waals surface area (Å²) in [6.07, 6.45) is 7.06. The fourth-order valence-electron chi connectivity index (χ4n) is 2.59. The summed E-state index contributed by atoms with van der Waals surface area (Å²) in [6, 6.07) is 7.30. The number of carbonyl (C=O) groups is 1. The first-order valence-electron chi connectivity index (χ1n) is 9.41. The quantitative estimate of drug-likeness (QED) is 0.123. The Morgan fingerprint density at radius 3 is 2.90 bits per heavy atom. The summed E-state index contributed by atoms with van der Waals surface area (Å²) in [5.74, 6) is 0.653. The van der Waals surface area contributed by atoms with Crippen molar-refractivity contribution in [1.82, 2.24) is 25.4 Å². The maximum absolute atomic E-state index is 11.4. The molecule has 0 aromatic carbocycles. The van der Waals surface area contributed by atoms with Crippen molar-refractivity contribution < 1.29 is 9.63 Å². The first-order chi connectivity index (χ1) is 15.2. The van der Waals surface area contributed by atoms with E-state index in [1.54, 1.807) is 24.5 Å². The van der Waals surface area contributed by atoms with E-state index in [0.717, 1.165) is 5.56 Å². The summed E-state index contributed by atoms with van der Waals surface area (Å²) in [5, 5.41) is 6.25. The molecule has 31 heavy (non-hydrogen) atoms. The topological polar surface area (TPSA) is 146 Å². The molecule has 11 nitrogen and oxygen atoms in total. The van der Waals surface area contributed by atoms with Gasteiger partial charge in [0.25, 0.3) is 0 Å². The Morgan fingerprint density at radius 2 is 2.19 bits per heavy atom. The van der Waals surface area contributed by atoms with E-state index in [1.807, 2.05) is 12.1 Å². The highest BCUT2D eigenvalue weighted by Gasteiger charge is 2.10. The Labute approximate surface area is 178 Å². The Kier molecular flexibility index (Phi) is 7.91. The molecule has 4 N–H and O–H groups in total. The molecule has 0 aliphatic rings. The Balaban J connectivity index is 1.86. The predicted molar refractivity (Wildman–Crippen MR) is 117 cm³/mol. The van der Waals surface area contributed by atoms with Crippen molar-refractivity contribution in [2.45, 2.75) is 6.54 Å². The van der Waals surface area contributed by atoms with Crippen molar-refractivity contribution in [1.29, 1.82) is 0 Å².